The fourth-order valence-electron chi connectivity index (χ4n) is 1.77. The van der Waals surface area contributed by atoms with Crippen LogP contribution in [-0.4, -0.2) is 17.9 Å². The van der Waals surface area contributed by atoms with Crippen LogP contribution < -0.4 is 0 Å². The van der Waals surface area contributed by atoms with Crippen molar-refractivity contribution in [3.05, 3.63) is 69.0 Å². The Hall–Kier alpha value is -1.43. The molecule has 0 aliphatic carbocycles. The first-order valence-corrected chi connectivity index (χ1v) is 6.90. The molecule has 1 amide bonds. The summed E-state index contributed by atoms with van der Waals surface area (Å²) in [6.07, 6.45) is 0. The SMILES string of the molecule is CN(Cc1ccccc1F)C(=O)c1ccc(I)cc1. The second kappa shape index (κ2) is 6.14. The van der Waals surface area contributed by atoms with Gasteiger partial charge in [-0.3, -0.25) is 4.79 Å². The Morgan fingerprint density at radius 3 is 2.42 bits per heavy atom. The zero-order valence-corrected chi connectivity index (χ0v) is 12.6. The molecule has 19 heavy (non-hydrogen) atoms. The lowest BCUT2D eigenvalue weighted by molar-refractivity contribution is 0.0784. The Morgan fingerprint density at radius 2 is 1.79 bits per heavy atom. The molecule has 0 saturated heterocycles. The van der Waals surface area contributed by atoms with Gasteiger partial charge in [-0.15, -0.1) is 0 Å². The lowest BCUT2D eigenvalue weighted by Gasteiger charge is -2.17. The molecule has 0 N–H and O–H groups in total. The molecule has 2 aromatic rings. The predicted octanol–water partition coefficient (Wildman–Crippen LogP) is 3.70. The minimum atomic E-state index is -0.287. The van der Waals surface area contributed by atoms with Crippen LogP contribution in [0.1, 0.15) is 15.9 Å². The van der Waals surface area contributed by atoms with Crippen molar-refractivity contribution in [1.29, 1.82) is 0 Å². The van der Waals surface area contributed by atoms with Gasteiger partial charge in [-0.1, -0.05) is 18.2 Å². The summed E-state index contributed by atoms with van der Waals surface area (Å²) < 4.78 is 14.6. The lowest BCUT2D eigenvalue weighted by Crippen LogP contribution is -2.26. The van der Waals surface area contributed by atoms with Crippen LogP contribution in [0.5, 0.6) is 0 Å². The third-order valence-corrected chi connectivity index (χ3v) is 3.52. The minimum Gasteiger partial charge on any atom is -0.337 e. The number of carbonyl (C=O) groups is 1. The van der Waals surface area contributed by atoms with E-state index in [1.807, 2.05) is 12.1 Å². The molecule has 2 aromatic carbocycles. The van der Waals surface area contributed by atoms with Gasteiger partial charge in [0.15, 0.2) is 0 Å². The molecule has 0 atom stereocenters. The Balaban J connectivity index is 2.12. The van der Waals surface area contributed by atoms with E-state index in [4.69, 9.17) is 0 Å². The monoisotopic (exact) mass is 369 g/mol. The molecule has 0 fully saturated rings. The molecule has 0 bridgehead atoms. The number of hydrogen-bond acceptors (Lipinski definition) is 1. The summed E-state index contributed by atoms with van der Waals surface area (Å²) in [4.78, 5) is 13.7. The Kier molecular flexibility index (Phi) is 4.52. The number of nitrogens with zero attached hydrogens (tertiary/aromatic N) is 1. The van der Waals surface area contributed by atoms with Gasteiger partial charge >= 0.3 is 0 Å². The molecule has 2 nitrogen and oxygen atoms in total. The van der Waals surface area contributed by atoms with E-state index in [0.29, 0.717) is 11.1 Å². The second-order valence-electron chi connectivity index (χ2n) is 4.26. The van der Waals surface area contributed by atoms with Gasteiger partial charge in [0.2, 0.25) is 0 Å². The summed E-state index contributed by atoms with van der Waals surface area (Å²) >= 11 is 2.19. The highest BCUT2D eigenvalue weighted by Crippen LogP contribution is 2.13. The van der Waals surface area contributed by atoms with Crippen molar-refractivity contribution < 1.29 is 9.18 Å². The summed E-state index contributed by atoms with van der Waals surface area (Å²) in [7, 11) is 1.67. The maximum atomic E-state index is 13.5. The van der Waals surface area contributed by atoms with Gasteiger partial charge in [0.1, 0.15) is 5.82 Å². The summed E-state index contributed by atoms with van der Waals surface area (Å²) in [5.41, 5.74) is 1.13. The number of halogens is 2. The van der Waals surface area contributed by atoms with E-state index in [0.717, 1.165) is 3.57 Å². The van der Waals surface area contributed by atoms with E-state index in [1.165, 1.54) is 11.0 Å². The molecular formula is C15H13FINO. The number of rotatable bonds is 3. The second-order valence-corrected chi connectivity index (χ2v) is 5.51. The molecular weight excluding hydrogens is 356 g/mol. The molecule has 0 aliphatic rings. The first-order chi connectivity index (χ1) is 9.08. The first-order valence-electron chi connectivity index (χ1n) is 5.82. The van der Waals surface area contributed by atoms with Crippen molar-refractivity contribution in [2.75, 3.05) is 7.05 Å². The summed E-state index contributed by atoms with van der Waals surface area (Å²) in [6, 6.07) is 13.8. The minimum absolute atomic E-state index is 0.111. The number of carbonyl (C=O) groups excluding carboxylic acids is 1. The average molecular weight is 369 g/mol. The third-order valence-electron chi connectivity index (χ3n) is 2.80. The van der Waals surface area contributed by atoms with Crippen molar-refractivity contribution in [3.63, 3.8) is 0 Å². The summed E-state index contributed by atoms with van der Waals surface area (Å²) in [5, 5.41) is 0. The third kappa shape index (κ3) is 3.53. The van der Waals surface area contributed by atoms with Crippen LogP contribution in [0.4, 0.5) is 4.39 Å². The Bertz CT molecular complexity index is 583. The molecule has 2 rings (SSSR count). The molecule has 98 valence electrons. The van der Waals surface area contributed by atoms with Crippen LogP contribution in [-0.2, 0) is 6.54 Å². The van der Waals surface area contributed by atoms with Crippen LogP contribution in [0, 0.1) is 9.39 Å². The number of hydrogen-bond donors (Lipinski definition) is 0. The molecule has 0 aromatic heterocycles. The first kappa shape index (κ1) is 14.0. The van der Waals surface area contributed by atoms with Gasteiger partial charge in [-0.05, 0) is 52.9 Å². The normalized spacial score (nSPS) is 10.3. The maximum absolute atomic E-state index is 13.5. The van der Waals surface area contributed by atoms with Crippen LogP contribution in [0.15, 0.2) is 48.5 Å². The van der Waals surface area contributed by atoms with E-state index in [-0.39, 0.29) is 18.3 Å². The van der Waals surface area contributed by atoms with Crippen LogP contribution in [0.25, 0.3) is 0 Å². The van der Waals surface area contributed by atoms with Crippen molar-refractivity contribution >= 4 is 28.5 Å². The largest absolute Gasteiger partial charge is 0.337 e. The summed E-state index contributed by atoms with van der Waals surface area (Å²) in [5.74, 6) is -0.399. The lowest BCUT2D eigenvalue weighted by atomic mass is 10.1. The smallest absolute Gasteiger partial charge is 0.253 e. The van der Waals surface area contributed by atoms with Gasteiger partial charge in [-0.25, -0.2) is 4.39 Å². The van der Waals surface area contributed by atoms with E-state index in [1.54, 1.807) is 37.4 Å². The van der Waals surface area contributed by atoms with Gasteiger partial charge in [-0.2, -0.15) is 0 Å². The predicted molar refractivity (Wildman–Crippen MR) is 81.4 cm³/mol. The number of amides is 1. The molecule has 4 heteroatoms. The fraction of sp³-hybridized carbons (Fsp3) is 0.133. The molecule has 0 spiro atoms. The van der Waals surface area contributed by atoms with E-state index in [2.05, 4.69) is 22.6 Å². The van der Waals surface area contributed by atoms with Crippen molar-refractivity contribution in [2.24, 2.45) is 0 Å². The molecule has 0 heterocycles. The van der Waals surface area contributed by atoms with Crippen molar-refractivity contribution in [3.8, 4) is 0 Å². The summed E-state index contributed by atoms with van der Waals surface area (Å²) in [6.45, 7) is 0.261. The van der Waals surface area contributed by atoms with E-state index in [9.17, 15) is 9.18 Å². The van der Waals surface area contributed by atoms with Gasteiger partial charge in [0.25, 0.3) is 5.91 Å². The standard InChI is InChI=1S/C15H13FINO/c1-18(10-12-4-2-3-5-14(12)16)15(19)11-6-8-13(17)9-7-11/h2-9H,10H2,1H3. The number of benzene rings is 2. The molecule has 0 aliphatic heterocycles. The molecule has 0 radical (unpaired) electrons. The van der Waals surface area contributed by atoms with Crippen molar-refractivity contribution in [2.45, 2.75) is 6.54 Å². The van der Waals surface area contributed by atoms with Gasteiger partial charge in [0, 0.05) is 28.3 Å². The highest BCUT2D eigenvalue weighted by atomic mass is 127. The highest BCUT2D eigenvalue weighted by Gasteiger charge is 2.13. The quantitative estimate of drug-likeness (QED) is 0.756. The van der Waals surface area contributed by atoms with Gasteiger partial charge < -0.3 is 4.90 Å². The van der Waals surface area contributed by atoms with E-state index >= 15 is 0 Å². The average Bonchev–Trinajstić information content (AvgIpc) is 2.41. The Labute approximate surface area is 125 Å². The zero-order valence-electron chi connectivity index (χ0n) is 10.4. The van der Waals surface area contributed by atoms with Gasteiger partial charge in [0.05, 0.1) is 0 Å². The van der Waals surface area contributed by atoms with E-state index < -0.39 is 0 Å². The van der Waals surface area contributed by atoms with Crippen LogP contribution in [0.3, 0.4) is 0 Å². The topological polar surface area (TPSA) is 20.3 Å². The fourth-order valence-corrected chi connectivity index (χ4v) is 2.13. The highest BCUT2D eigenvalue weighted by molar-refractivity contribution is 14.1. The van der Waals surface area contributed by atoms with Crippen LogP contribution in [0.2, 0.25) is 0 Å². The maximum Gasteiger partial charge on any atom is 0.253 e. The van der Waals surface area contributed by atoms with Crippen molar-refractivity contribution in [1.82, 2.24) is 4.90 Å². The Morgan fingerprint density at radius 1 is 1.16 bits per heavy atom. The van der Waals surface area contributed by atoms with Crippen LogP contribution >= 0.6 is 22.6 Å². The zero-order chi connectivity index (χ0) is 13.8. The molecule has 0 saturated carbocycles. The molecule has 0 unspecified atom stereocenters.